The average molecular weight is 259 g/mol. The number of aromatic nitrogens is 2. The summed E-state index contributed by atoms with van der Waals surface area (Å²) in [6.07, 6.45) is 0. The van der Waals surface area contributed by atoms with Gasteiger partial charge >= 0.3 is 0 Å². The van der Waals surface area contributed by atoms with Crippen molar-refractivity contribution in [2.75, 3.05) is 11.9 Å². The first-order valence-corrected chi connectivity index (χ1v) is 6.58. The number of para-hydroxylation sites is 2. The number of hydrogen-bond acceptors (Lipinski definition) is 5. The minimum Gasteiger partial charge on any atom is -0.423 e. The predicted octanol–water partition coefficient (Wildman–Crippen LogP) is 3.23. The maximum Gasteiger partial charge on any atom is 0.298 e. The molecule has 5 heteroatoms. The topological polar surface area (TPSA) is 42.2 Å². The second-order valence-electron chi connectivity index (χ2n) is 4.20. The van der Waals surface area contributed by atoms with Gasteiger partial charge in [0.25, 0.3) is 6.01 Å². The number of thiazole rings is 1. The van der Waals surface area contributed by atoms with Crippen molar-refractivity contribution in [3.05, 3.63) is 40.3 Å². The van der Waals surface area contributed by atoms with E-state index in [1.807, 2.05) is 43.1 Å². The fraction of sp³-hybridized carbons (Fsp3) is 0.231. The number of rotatable bonds is 3. The Morgan fingerprint density at radius 1 is 1.28 bits per heavy atom. The van der Waals surface area contributed by atoms with E-state index < -0.39 is 0 Å². The number of benzene rings is 1. The third-order valence-electron chi connectivity index (χ3n) is 2.65. The summed E-state index contributed by atoms with van der Waals surface area (Å²) in [5.74, 6) is 0. The molecule has 0 aliphatic rings. The molecule has 3 rings (SSSR count). The zero-order valence-corrected chi connectivity index (χ0v) is 11.1. The van der Waals surface area contributed by atoms with E-state index >= 15 is 0 Å². The molecule has 0 aliphatic heterocycles. The first-order valence-electron chi connectivity index (χ1n) is 5.70. The third kappa shape index (κ3) is 2.09. The smallest absolute Gasteiger partial charge is 0.298 e. The molecule has 0 unspecified atom stereocenters. The van der Waals surface area contributed by atoms with Crippen LogP contribution in [-0.4, -0.2) is 17.0 Å². The van der Waals surface area contributed by atoms with E-state index in [9.17, 15) is 0 Å². The summed E-state index contributed by atoms with van der Waals surface area (Å²) in [4.78, 5) is 10.9. The van der Waals surface area contributed by atoms with Crippen LogP contribution in [0.2, 0.25) is 0 Å². The molecule has 4 nitrogen and oxygen atoms in total. The molecule has 0 bridgehead atoms. The van der Waals surface area contributed by atoms with E-state index in [2.05, 4.69) is 15.3 Å². The van der Waals surface area contributed by atoms with Crippen LogP contribution >= 0.6 is 11.3 Å². The van der Waals surface area contributed by atoms with Gasteiger partial charge in [-0.25, -0.2) is 4.98 Å². The van der Waals surface area contributed by atoms with E-state index in [-0.39, 0.29) is 0 Å². The second kappa shape index (κ2) is 4.42. The van der Waals surface area contributed by atoms with E-state index in [4.69, 9.17) is 4.42 Å². The van der Waals surface area contributed by atoms with Crippen molar-refractivity contribution >= 4 is 28.5 Å². The molecule has 0 radical (unpaired) electrons. The first kappa shape index (κ1) is 11.2. The summed E-state index contributed by atoms with van der Waals surface area (Å²) >= 11 is 1.66. The first-order chi connectivity index (χ1) is 8.72. The van der Waals surface area contributed by atoms with Gasteiger partial charge in [0.15, 0.2) is 5.58 Å². The van der Waals surface area contributed by atoms with E-state index in [0.29, 0.717) is 12.6 Å². The van der Waals surface area contributed by atoms with Crippen molar-refractivity contribution in [1.82, 2.24) is 9.97 Å². The lowest BCUT2D eigenvalue weighted by Gasteiger charge is -2.11. The fourth-order valence-electron chi connectivity index (χ4n) is 1.77. The maximum absolute atomic E-state index is 5.70. The number of fused-ring (bicyclic) bond motifs is 1. The number of anilines is 1. The highest BCUT2D eigenvalue weighted by Crippen LogP contribution is 2.22. The van der Waals surface area contributed by atoms with Crippen molar-refractivity contribution in [2.24, 2.45) is 0 Å². The zero-order valence-electron chi connectivity index (χ0n) is 10.3. The van der Waals surface area contributed by atoms with Crippen LogP contribution in [0.3, 0.4) is 0 Å². The Kier molecular flexibility index (Phi) is 2.76. The van der Waals surface area contributed by atoms with Crippen LogP contribution in [0, 0.1) is 6.92 Å². The molecule has 0 amide bonds. The fourth-order valence-corrected chi connectivity index (χ4v) is 2.59. The molecule has 2 heterocycles. The Balaban J connectivity index is 1.85. The van der Waals surface area contributed by atoms with Crippen molar-refractivity contribution in [2.45, 2.75) is 13.5 Å². The Hall–Kier alpha value is -1.88. The van der Waals surface area contributed by atoms with Gasteiger partial charge < -0.3 is 9.32 Å². The SMILES string of the molecule is Cc1csc(CN(C)c2nc3ccccc3o2)n1. The minimum atomic E-state index is 0.629. The standard InChI is InChI=1S/C13H13N3OS/c1-9-8-18-12(14-9)7-16(2)13-15-10-5-3-4-6-11(10)17-13/h3-6,8H,7H2,1-2H3. The summed E-state index contributed by atoms with van der Waals surface area (Å²) in [5.41, 5.74) is 2.75. The van der Waals surface area contributed by atoms with Crippen LogP contribution in [0.25, 0.3) is 11.1 Å². The molecule has 2 aromatic heterocycles. The van der Waals surface area contributed by atoms with Crippen LogP contribution in [0.15, 0.2) is 34.1 Å². The summed E-state index contributed by atoms with van der Waals surface area (Å²) < 4.78 is 5.70. The molecule has 1 aromatic carbocycles. The van der Waals surface area contributed by atoms with Gasteiger partial charge in [0.1, 0.15) is 10.5 Å². The molecular formula is C13H13N3OS. The van der Waals surface area contributed by atoms with Crippen molar-refractivity contribution in [3.63, 3.8) is 0 Å². The van der Waals surface area contributed by atoms with E-state index in [0.717, 1.165) is 21.8 Å². The Morgan fingerprint density at radius 2 is 2.11 bits per heavy atom. The lowest BCUT2D eigenvalue weighted by atomic mass is 10.3. The summed E-state index contributed by atoms with van der Waals surface area (Å²) in [6, 6.07) is 8.40. The molecule has 0 fully saturated rings. The molecule has 18 heavy (non-hydrogen) atoms. The molecule has 92 valence electrons. The summed E-state index contributed by atoms with van der Waals surface area (Å²) in [7, 11) is 1.96. The van der Waals surface area contributed by atoms with Gasteiger partial charge in [0, 0.05) is 18.1 Å². The molecule has 0 aliphatic carbocycles. The Morgan fingerprint density at radius 3 is 2.83 bits per heavy atom. The van der Waals surface area contributed by atoms with Crippen LogP contribution in [0.5, 0.6) is 0 Å². The van der Waals surface area contributed by atoms with Gasteiger partial charge in [-0.3, -0.25) is 0 Å². The number of nitrogens with zero attached hydrogens (tertiary/aromatic N) is 3. The normalized spacial score (nSPS) is 11.0. The van der Waals surface area contributed by atoms with Crippen LogP contribution in [0.4, 0.5) is 6.01 Å². The third-order valence-corrected chi connectivity index (χ3v) is 3.60. The minimum absolute atomic E-state index is 0.629. The number of hydrogen-bond donors (Lipinski definition) is 0. The quantitative estimate of drug-likeness (QED) is 0.724. The van der Waals surface area contributed by atoms with E-state index in [1.54, 1.807) is 11.3 Å². The van der Waals surface area contributed by atoms with Gasteiger partial charge in [0.05, 0.1) is 6.54 Å². The lowest BCUT2D eigenvalue weighted by molar-refractivity contribution is 0.582. The molecule has 3 aromatic rings. The van der Waals surface area contributed by atoms with Gasteiger partial charge in [-0.2, -0.15) is 4.98 Å². The number of aryl methyl sites for hydroxylation is 1. The van der Waals surface area contributed by atoms with Crippen molar-refractivity contribution in [3.8, 4) is 0 Å². The van der Waals surface area contributed by atoms with Crippen LogP contribution in [0.1, 0.15) is 10.7 Å². The number of oxazole rings is 1. The van der Waals surface area contributed by atoms with Crippen LogP contribution < -0.4 is 4.90 Å². The summed E-state index contributed by atoms with van der Waals surface area (Å²) in [5, 5.41) is 3.12. The predicted molar refractivity (Wildman–Crippen MR) is 73.0 cm³/mol. The Bertz CT molecular complexity index is 640. The molecule has 0 saturated carbocycles. The maximum atomic E-state index is 5.70. The van der Waals surface area contributed by atoms with Gasteiger partial charge in [-0.05, 0) is 19.1 Å². The van der Waals surface area contributed by atoms with Gasteiger partial charge in [-0.1, -0.05) is 12.1 Å². The van der Waals surface area contributed by atoms with Gasteiger partial charge in [-0.15, -0.1) is 11.3 Å². The molecule has 0 saturated heterocycles. The van der Waals surface area contributed by atoms with Crippen molar-refractivity contribution < 1.29 is 4.42 Å². The highest BCUT2D eigenvalue weighted by atomic mass is 32.1. The Labute approximate surface area is 109 Å². The van der Waals surface area contributed by atoms with Crippen molar-refractivity contribution in [1.29, 1.82) is 0 Å². The zero-order chi connectivity index (χ0) is 12.5. The van der Waals surface area contributed by atoms with Gasteiger partial charge in [0.2, 0.25) is 0 Å². The molecular weight excluding hydrogens is 246 g/mol. The highest BCUT2D eigenvalue weighted by Gasteiger charge is 2.11. The van der Waals surface area contributed by atoms with Crippen LogP contribution in [-0.2, 0) is 6.54 Å². The summed E-state index contributed by atoms with van der Waals surface area (Å²) in [6.45, 7) is 2.71. The molecule has 0 N–H and O–H groups in total. The second-order valence-corrected chi connectivity index (χ2v) is 5.15. The monoisotopic (exact) mass is 259 g/mol. The lowest BCUT2D eigenvalue weighted by Crippen LogP contribution is -2.16. The van der Waals surface area contributed by atoms with E-state index in [1.165, 1.54) is 0 Å². The average Bonchev–Trinajstić information content (AvgIpc) is 2.95. The highest BCUT2D eigenvalue weighted by molar-refractivity contribution is 7.09. The molecule has 0 spiro atoms. The largest absolute Gasteiger partial charge is 0.423 e. The molecule has 0 atom stereocenters.